The van der Waals surface area contributed by atoms with Crippen molar-refractivity contribution in [3.8, 4) is 0 Å². The molecule has 1 aromatic carbocycles. The van der Waals surface area contributed by atoms with Crippen LogP contribution in [0.1, 0.15) is 36.7 Å². The van der Waals surface area contributed by atoms with Gasteiger partial charge in [-0.1, -0.05) is 31.5 Å². The number of benzene rings is 1. The molecular formula is C17H27N3O2. The van der Waals surface area contributed by atoms with Crippen molar-refractivity contribution in [2.75, 3.05) is 13.6 Å². The Morgan fingerprint density at radius 2 is 1.68 bits per heavy atom. The third kappa shape index (κ3) is 5.48. The van der Waals surface area contributed by atoms with Crippen molar-refractivity contribution in [2.24, 2.45) is 5.92 Å². The predicted octanol–water partition coefficient (Wildman–Crippen LogP) is 1.47. The van der Waals surface area contributed by atoms with Gasteiger partial charge in [-0.2, -0.15) is 0 Å². The number of rotatable bonds is 7. The molecule has 1 aromatic rings. The van der Waals surface area contributed by atoms with E-state index in [0.29, 0.717) is 12.1 Å². The lowest BCUT2D eigenvalue weighted by atomic mass is 10.0. The Balaban J connectivity index is 2.69. The van der Waals surface area contributed by atoms with Gasteiger partial charge in [-0.15, -0.1) is 0 Å². The standard InChI is InChI=1S/C17H27N3O2/c1-11(2)15(17(22)19-10-13(4)18-5)20-16(21)14-8-6-12(3)7-9-14/h6-9,11,13,15,18H,10H2,1-5H3,(H,19,22)(H,20,21). The lowest BCUT2D eigenvalue weighted by molar-refractivity contribution is -0.124. The lowest BCUT2D eigenvalue weighted by Gasteiger charge is -2.22. The average molecular weight is 305 g/mol. The van der Waals surface area contributed by atoms with Crippen molar-refractivity contribution in [1.29, 1.82) is 0 Å². The topological polar surface area (TPSA) is 70.2 Å². The van der Waals surface area contributed by atoms with Crippen LogP contribution in [0.25, 0.3) is 0 Å². The van der Waals surface area contributed by atoms with Crippen LogP contribution >= 0.6 is 0 Å². The summed E-state index contributed by atoms with van der Waals surface area (Å²) >= 11 is 0. The highest BCUT2D eigenvalue weighted by Gasteiger charge is 2.24. The molecule has 0 spiro atoms. The van der Waals surface area contributed by atoms with Crippen molar-refractivity contribution >= 4 is 11.8 Å². The van der Waals surface area contributed by atoms with Gasteiger partial charge in [0.15, 0.2) is 0 Å². The Labute approximate surface area is 132 Å². The number of hydrogen-bond acceptors (Lipinski definition) is 3. The minimum Gasteiger partial charge on any atom is -0.353 e. The number of carbonyl (C=O) groups excluding carboxylic acids is 2. The van der Waals surface area contributed by atoms with Gasteiger partial charge in [0.1, 0.15) is 6.04 Å². The fraction of sp³-hybridized carbons (Fsp3) is 0.529. The first-order chi connectivity index (χ1) is 10.3. The van der Waals surface area contributed by atoms with Crippen LogP contribution in [0.4, 0.5) is 0 Å². The fourth-order valence-corrected chi connectivity index (χ4v) is 1.93. The number of carbonyl (C=O) groups is 2. The summed E-state index contributed by atoms with van der Waals surface area (Å²) < 4.78 is 0. The Bertz CT molecular complexity index is 497. The smallest absolute Gasteiger partial charge is 0.251 e. The maximum atomic E-state index is 12.3. The monoisotopic (exact) mass is 305 g/mol. The van der Waals surface area contributed by atoms with Gasteiger partial charge < -0.3 is 16.0 Å². The van der Waals surface area contributed by atoms with Crippen LogP contribution in [-0.4, -0.2) is 37.5 Å². The first kappa shape index (κ1) is 18.2. The molecule has 2 atom stereocenters. The van der Waals surface area contributed by atoms with E-state index in [-0.39, 0.29) is 23.8 Å². The molecule has 2 unspecified atom stereocenters. The maximum absolute atomic E-state index is 12.3. The summed E-state index contributed by atoms with van der Waals surface area (Å²) in [6.07, 6.45) is 0. The summed E-state index contributed by atoms with van der Waals surface area (Å²) in [5.74, 6) is -0.368. The number of aryl methyl sites for hydroxylation is 1. The van der Waals surface area contributed by atoms with E-state index in [1.165, 1.54) is 0 Å². The second-order valence-corrected chi connectivity index (χ2v) is 6.00. The normalized spacial score (nSPS) is 13.5. The van der Waals surface area contributed by atoms with E-state index < -0.39 is 6.04 Å². The van der Waals surface area contributed by atoms with E-state index >= 15 is 0 Å². The van der Waals surface area contributed by atoms with Crippen LogP contribution in [0, 0.1) is 12.8 Å². The van der Waals surface area contributed by atoms with E-state index in [1.807, 2.05) is 46.9 Å². The predicted molar refractivity (Wildman–Crippen MR) is 88.8 cm³/mol. The van der Waals surface area contributed by atoms with Gasteiger partial charge in [0.2, 0.25) is 5.91 Å². The quantitative estimate of drug-likeness (QED) is 0.714. The number of nitrogens with one attached hydrogen (secondary N) is 3. The zero-order valence-corrected chi connectivity index (χ0v) is 14.1. The lowest BCUT2D eigenvalue weighted by Crippen LogP contribution is -2.51. The number of amides is 2. The molecule has 0 saturated heterocycles. The van der Waals surface area contributed by atoms with E-state index in [0.717, 1.165) is 5.56 Å². The highest BCUT2D eigenvalue weighted by Crippen LogP contribution is 2.07. The van der Waals surface area contributed by atoms with Gasteiger partial charge in [0.25, 0.3) is 5.91 Å². The molecule has 0 fully saturated rings. The fourth-order valence-electron chi connectivity index (χ4n) is 1.93. The average Bonchev–Trinajstić information content (AvgIpc) is 2.49. The Morgan fingerprint density at radius 1 is 1.09 bits per heavy atom. The van der Waals surface area contributed by atoms with E-state index in [4.69, 9.17) is 0 Å². The first-order valence-electron chi connectivity index (χ1n) is 7.67. The molecule has 0 saturated carbocycles. The van der Waals surface area contributed by atoms with Crippen LogP contribution in [-0.2, 0) is 4.79 Å². The Morgan fingerprint density at radius 3 is 2.18 bits per heavy atom. The summed E-state index contributed by atoms with van der Waals surface area (Å²) in [5.41, 5.74) is 1.66. The minimum absolute atomic E-state index is 0.0132. The van der Waals surface area contributed by atoms with Gasteiger partial charge >= 0.3 is 0 Å². The molecule has 0 aliphatic carbocycles. The highest BCUT2D eigenvalue weighted by atomic mass is 16.2. The summed E-state index contributed by atoms with van der Waals surface area (Å²) in [6.45, 7) is 8.31. The summed E-state index contributed by atoms with van der Waals surface area (Å²) in [6, 6.07) is 6.94. The van der Waals surface area contributed by atoms with Crippen LogP contribution in [0.15, 0.2) is 24.3 Å². The zero-order valence-electron chi connectivity index (χ0n) is 14.1. The van der Waals surface area contributed by atoms with Crippen LogP contribution < -0.4 is 16.0 Å². The summed E-state index contributed by atoms with van der Waals surface area (Å²) in [5, 5.41) is 8.75. The maximum Gasteiger partial charge on any atom is 0.251 e. The van der Waals surface area contributed by atoms with Gasteiger partial charge in [-0.05, 0) is 38.9 Å². The second-order valence-electron chi connectivity index (χ2n) is 6.00. The molecular weight excluding hydrogens is 278 g/mol. The van der Waals surface area contributed by atoms with Gasteiger partial charge in [0, 0.05) is 18.2 Å². The highest BCUT2D eigenvalue weighted by molar-refractivity contribution is 5.97. The molecule has 0 bridgehead atoms. The van der Waals surface area contributed by atoms with Crippen molar-refractivity contribution in [1.82, 2.24) is 16.0 Å². The van der Waals surface area contributed by atoms with E-state index in [1.54, 1.807) is 12.1 Å². The number of likely N-dealkylation sites (N-methyl/N-ethyl adjacent to an activating group) is 1. The summed E-state index contributed by atoms with van der Waals surface area (Å²) in [7, 11) is 1.84. The van der Waals surface area contributed by atoms with Crippen LogP contribution in [0.3, 0.4) is 0 Å². The Kier molecular flexibility index (Phi) is 7.05. The molecule has 0 aliphatic rings. The van der Waals surface area contributed by atoms with Gasteiger partial charge in [-0.3, -0.25) is 9.59 Å². The first-order valence-corrected chi connectivity index (χ1v) is 7.67. The summed E-state index contributed by atoms with van der Waals surface area (Å²) in [4.78, 5) is 24.5. The third-order valence-electron chi connectivity index (χ3n) is 3.62. The Hall–Kier alpha value is -1.88. The van der Waals surface area contributed by atoms with Gasteiger partial charge in [-0.25, -0.2) is 0 Å². The van der Waals surface area contributed by atoms with Crippen molar-refractivity contribution in [3.63, 3.8) is 0 Å². The van der Waals surface area contributed by atoms with E-state index in [2.05, 4.69) is 16.0 Å². The molecule has 2 amide bonds. The van der Waals surface area contributed by atoms with E-state index in [9.17, 15) is 9.59 Å². The third-order valence-corrected chi connectivity index (χ3v) is 3.62. The molecule has 5 nitrogen and oxygen atoms in total. The zero-order chi connectivity index (χ0) is 16.7. The van der Waals surface area contributed by atoms with Crippen LogP contribution in [0.2, 0.25) is 0 Å². The molecule has 1 rings (SSSR count). The van der Waals surface area contributed by atoms with Crippen molar-refractivity contribution in [2.45, 2.75) is 39.8 Å². The second kappa shape index (κ2) is 8.54. The van der Waals surface area contributed by atoms with Gasteiger partial charge in [0.05, 0.1) is 0 Å². The minimum atomic E-state index is -0.544. The molecule has 0 heterocycles. The van der Waals surface area contributed by atoms with Crippen molar-refractivity contribution in [3.05, 3.63) is 35.4 Å². The number of hydrogen-bond donors (Lipinski definition) is 3. The SMILES string of the molecule is CNC(C)CNC(=O)C(NC(=O)c1ccc(C)cc1)C(C)C. The molecule has 0 aliphatic heterocycles. The largest absolute Gasteiger partial charge is 0.353 e. The molecule has 22 heavy (non-hydrogen) atoms. The van der Waals surface area contributed by atoms with Crippen molar-refractivity contribution < 1.29 is 9.59 Å². The molecule has 122 valence electrons. The molecule has 0 radical (unpaired) electrons. The molecule has 5 heteroatoms. The molecule has 3 N–H and O–H groups in total. The molecule has 0 aromatic heterocycles. The van der Waals surface area contributed by atoms with Crippen LogP contribution in [0.5, 0.6) is 0 Å².